The van der Waals surface area contributed by atoms with Crippen LogP contribution in [-0.2, 0) is 9.53 Å². The lowest BCUT2D eigenvalue weighted by molar-refractivity contribution is -0.145. The Kier molecular flexibility index (Phi) is 6.28. The zero-order valence-electron chi connectivity index (χ0n) is 17.0. The number of nitrogens with one attached hydrogen (secondary N) is 1. The van der Waals surface area contributed by atoms with E-state index in [1.807, 2.05) is 43.3 Å². The van der Waals surface area contributed by atoms with Gasteiger partial charge in [-0.1, -0.05) is 18.2 Å². The third-order valence-corrected chi connectivity index (χ3v) is 4.71. The molecule has 0 aliphatic heterocycles. The third-order valence-electron chi connectivity index (χ3n) is 4.71. The predicted octanol–water partition coefficient (Wildman–Crippen LogP) is 3.40. The minimum Gasteiger partial charge on any atom is -0.464 e. The summed E-state index contributed by atoms with van der Waals surface area (Å²) in [5, 5.41) is 16.3. The topological polar surface area (TPSA) is 97.0 Å². The van der Waals surface area contributed by atoms with Gasteiger partial charge in [-0.2, -0.15) is 10.4 Å². The summed E-state index contributed by atoms with van der Waals surface area (Å²) in [6.07, 6.45) is 0. The van der Waals surface area contributed by atoms with Crippen molar-refractivity contribution in [3.8, 4) is 11.8 Å². The monoisotopic (exact) mass is 402 g/mol. The third kappa shape index (κ3) is 4.23. The van der Waals surface area contributed by atoms with Gasteiger partial charge in [0.2, 0.25) is 0 Å². The van der Waals surface area contributed by atoms with E-state index in [0.29, 0.717) is 22.4 Å². The lowest BCUT2D eigenvalue weighted by Gasteiger charge is -2.18. The van der Waals surface area contributed by atoms with Crippen LogP contribution in [0.4, 0.5) is 0 Å². The van der Waals surface area contributed by atoms with Crippen molar-refractivity contribution in [3.05, 3.63) is 82.7 Å². The molecule has 0 radical (unpaired) electrons. The highest BCUT2D eigenvalue weighted by Crippen LogP contribution is 2.26. The molecular formula is C23H22N4O3. The Bertz CT molecular complexity index is 1100. The average molecular weight is 402 g/mol. The predicted molar refractivity (Wildman–Crippen MR) is 111 cm³/mol. The van der Waals surface area contributed by atoms with E-state index in [9.17, 15) is 9.59 Å². The number of hydrogen-bond donors (Lipinski definition) is 1. The van der Waals surface area contributed by atoms with Gasteiger partial charge in [-0.05, 0) is 57.2 Å². The standard InChI is InChI=1S/C23H22N4O3/c1-4-30-23(29)21(25-22(28)18-12-10-17(14-24)11-13-18)20-15(2)26-27(16(20)3)19-8-6-5-7-9-19/h5-13,21H,4H2,1-3H3,(H,25,28)/t21-/m1/s1. The second-order valence-electron chi connectivity index (χ2n) is 6.68. The van der Waals surface area contributed by atoms with Crippen LogP contribution in [0.15, 0.2) is 54.6 Å². The number of nitriles is 1. The number of carbonyl (C=O) groups excluding carboxylic acids is 2. The largest absolute Gasteiger partial charge is 0.464 e. The van der Waals surface area contributed by atoms with E-state index < -0.39 is 17.9 Å². The Balaban J connectivity index is 1.98. The van der Waals surface area contributed by atoms with E-state index in [2.05, 4.69) is 10.4 Å². The Hall–Kier alpha value is -3.92. The number of para-hydroxylation sites is 1. The molecule has 0 aliphatic carbocycles. The minimum absolute atomic E-state index is 0.187. The Morgan fingerprint density at radius 3 is 2.40 bits per heavy atom. The van der Waals surface area contributed by atoms with Crippen LogP contribution in [0.2, 0.25) is 0 Å². The summed E-state index contributed by atoms with van der Waals surface area (Å²) < 4.78 is 6.96. The maximum Gasteiger partial charge on any atom is 0.333 e. The van der Waals surface area contributed by atoms with Crippen molar-refractivity contribution in [2.24, 2.45) is 0 Å². The molecule has 0 spiro atoms. The number of rotatable bonds is 6. The van der Waals surface area contributed by atoms with Crippen molar-refractivity contribution in [1.29, 1.82) is 5.26 Å². The Morgan fingerprint density at radius 2 is 1.80 bits per heavy atom. The fraction of sp³-hybridized carbons (Fsp3) is 0.217. The van der Waals surface area contributed by atoms with Crippen molar-refractivity contribution >= 4 is 11.9 Å². The first-order valence-electron chi connectivity index (χ1n) is 9.55. The Morgan fingerprint density at radius 1 is 1.13 bits per heavy atom. The average Bonchev–Trinajstić information content (AvgIpc) is 3.06. The van der Waals surface area contributed by atoms with Gasteiger partial charge in [0.1, 0.15) is 0 Å². The number of amides is 1. The number of ether oxygens (including phenoxy) is 1. The molecule has 0 bridgehead atoms. The summed E-state index contributed by atoms with van der Waals surface area (Å²) in [5.41, 5.74) is 3.59. The number of nitrogens with zero attached hydrogens (tertiary/aromatic N) is 3. The zero-order valence-corrected chi connectivity index (χ0v) is 17.0. The highest BCUT2D eigenvalue weighted by molar-refractivity contribution is 5.97. The van der Waals surface area contributed by atoms with Crippen LogP contribution in [0.1, 0.15) is 45.8 Å². The molecule has 0 saturated heterocycles. The maximum absolute atomic E-state index is 12.8. The first-order chi connectivity index (χ1) is 14.5. The summed E-state index contributed by atoms with van der Waals surface area (Å²) in [7, 11) is 0. The molecule has 1 aromatic heterocycles. The molecule has 152 valence electrons. The highest BCUT2D eigenvalue weighted by atomic mass is 16.5. The molecule has 1 heterocycles. The summed E-state index contributed by atoms with van der Waals surface area (Å²) in [6, 6.07) is 16.7. The van der Waals surface area contributed by atoms with Crippen LogP contribution >= 0.6 is 0 Å². The second kappa shape index (κ2) is 9.05. The quantitative estimate of drug-likeness (QED) is 0.638. The molecule has 3 rings (SSSR count). The van der Waals surface area contributed by atoms with Gasteiger partial charge in [-0.3, -0.25) is 4.79 Å². The van der Waals surface area contributed by atoms with Crippen LogP contribution in [-0.4, -0.2) is 28.3 Å². The summed E-state index contributed by atoms with van der Waals surface area (Å²) in [6.45, 7) is 5.54. The number of hydrogen-bond acceptors (Lipinski definition) is 5. The number of aryl methyl sites for hydroxylation is 1. The van der Waals surface area contributed by atoms with Gasteiger partial charge >= 0.3 is 5.97 Å². The summed E-state index contributed by atoms with van der Waals surface area (Å²) in [4.78, 5) is 25.6. The van der Waals surface area contributed by atoms with Gasteiger partial charge in [-0.15, -0.1) is 0 Å². The van der Waals surface area contributed by atoms with Crippen LogP contribution in [0.3, 0.4) is 0 Å². The van der Waals surface area contributed by atoms with Crippen molar-refractivity contribution in [2.45, 2.75) is 26.8 Å². The lowest BCUT2D eigenvalue weighted by atomic mass is 10.0. The fourth-order valence-corrected chi connectivity index (χ4v) is 3.28. The number of carbonyl (C=O) groups is 2. The first-order valence-corrected chi connectivity index (χ1v) is 9.55. The SMILES string of the molecule is CCOC(=O)[C@H](NC(=O)c1ccc(C#N)cc1)c1c(C)nn(-c2ccccc2)c1C. The molecule has 7 nitrogen and oxygen atoms in total. The summed E-state index contributed by atoms with van der Waals surface area (Å²) in [5.74, 6) is -0.998. The smallest absolute Gasteiger partial charge is 0.333 e. The maximum atomic E-state index is 12.8. The molecule has 7 heteroatoms. The van der Waals surface area contributed by atoms with E-state index in [1.165, 1.54) is 0 Å². The number of benzene rings is 2. The normalized spacial score (nSPS) is 11.4. The van der Waals surface area contributed by atoms with E-state index >= 15 is 0 Å². The van der Waals surface area contributed by atoms with Crippen molar-refractivity contribution in [3.63, 3.8) is 0 Å². The van der Waals surface area contributed by atoms with E-state index in [0.717, 1.165) is 11.4 Å². The molecule has 0 fully saturated rings. The van der Waals surface area contributed by atoms with Gasteiger partial charge in [0.05, 0.1) is 29.6 Å². The van der Waals surface area contributed by atoms with Crippen LogP contribution in [0.25, 0.3) is 5.69 Å². The van der Waals surface area contributed by atoms with Crippen LogP contribution in [0.5, 0.6) is 0 Å². The van der Waals surface area contributed by atoms with Gasteiger partial charge in [-0.25, -0.2) is 9.48 Å². The zero-order chi connectivity index (χ0) is 21.7. The van der Waals surface area contributed by atoms with Gasteiger partial charge < -0.3 is 10.1 Å². The molecule has 1 N–H and O–H groups in total. The highest BCUT2D eigenvalue weighted by Gasteiger charge is 2.30. The molecule has 0 unspecified atom stereocenters. The first kappa shape index (κ1) is 20.8. The van der Waals surface area contributed by atoms with Crippen LogP contribution < -0.4 is 5.32 Å². The second-order valence-corrected chi connectivity index (χ2v) is 6.68. The number of esters is 1. The molecule has 0 aliphatic rings. The molecule has 2 aromatic carbocycles. The van der Waals surface area contributed by atoms with E-state index in [4.69, 9.17) is 10.00 Å². The molecule has 3 aromatic rings. The molecule has 1 amide bonds. The molecular weight excluding hydrogens is 380 g/mol. The number of aromatic nitrogens is 2. The van der Waals surface area contributed by atoms with Crippen molar-refractivity contribution in [2.75, 3.05) is 6.61 Å². The summed E-state index contributed by atoms with van der Waals surface area (Å²) >= 11 is 0. The van der Waals surface area contributed by atoms with Gasteiger partial charge in [0, 0.05) is 16.8 Å². The van der Waals surface area contributed by atoms with Gasteiger partial charge in [0.15, 0.2) is 6.04 Å². The molecule has 30 heavy (non-hydrogen) atoms. The van der Waals surface area contributed by atoms with Gasteiger partial charge in [0.25, 0.3) is 5.91 Å². The molecule has 0 saturated carbocycles. The fourth-order valence-electron chi connectivity index (χ4n) is 3.28. The van der Waals surface area contributed by atoms with E-state index in [1.54, 1.807) is 42.8 Å². The van der Waals surface area contributed by atoms with E-state index in [-0.39, 0.29) is 6.61 Å². The van der Waals surface area contributed by atoms with Crippen molar-refractivity contribution < 1.29 is 14.3 Å². The van der Waals surface area contributed by atoms with Crippen LogP contribution in [0, 0.1) is 25.2 Å². The Labute approximate surface area is 174 Å². The van der Waals surface area contributed by atoms with Crippen molar-refractivity contribution in [1.82, 2.24) is 15.1 Å². The minimum atomic E-state index is -1.01. The molecule has 1 atom stereocenters. The lowest BCUT2D eigenvalue weighted by Crippen LogP contribution is -2.35.